The molecule has 0 spiro atoms. The monoisotopic (exact) mass is 317 g/mol. The van der Waals surface area contributed by atoms with Crippen molar-refractivity contribution in [1.29, 1.82) is 0 Å². The lowest BCUT2D eigenvalue weighted by Gasteiger charge is -2.19. The molecule has 0 amide bonds. The van der Waals surface area contributed by atoms with E-state index >= 15 is 0 Å². The van der Waals surface area contributed by atoms with E-state index in [9.17, 15) is 17.6 Å². The maximum atomic E-state index is 13.1. The van der Waals surface area contributed by atoms with Crippen molar-refractivity contribution >= 4 is 15.8 Å². The number of hydrogen-bond donors (Lipinski definition) is 1. The Morgan fingerprint density at radius 1 is 1.29 bits per heavy atom. The molecule has 0 saturated carbocycles. The second-order valence-electron chi connectivity index (χ2n) is 5.74. The molecule has 118 valence electrons. The Labute approximate surface area is 124 Å². The zero-order chi connectivity index (χ0) is 16.3. The molecule has 0 atom stereocenters. The van der Waals surface area contributed by atoms with Crippen LogP contribution in [-0.2, 0) is 31.7 Å². The normalized spacial score (nSPS) is 12.2. The van der Waals surface area contributed by atoms with E-state index in [2.05, 4.69) is 0 Å². The summed E-state index contributed by atoms with van der Waals surface area (Å²) < 4.78 is 42.1. The minimum atomic E-state index is -3.70. The van der Waals surface area contributed by atoms with Gasteiger partial charge in [-0.3, -0.25) is 4.79 Å². The molecule has 1 aromatic carbocycles. The number of benzene rings is 1. The molecule has 0 bridgehead atoms. The first-order valence-corrected chi connectivity index (χ1v) is 8.24. The molecular formula is C14H20FNO4S. The van der Waals surface area contributed by atoms with Crippen LogP contribution in [0.1, 0.15) is 31.9 Å². The minimum Gasteiger partial charge on any atom is -0.459 e. The van der Waals surface area contributed by atoms with E-state index in [4.69, 9.17) is 10.5 Å². The average molecular weight is 317 g/mol. The van der Waals surface area contributed by atoms with Crippen molar-refractivity contribution in [3.05, 3.63) is 35.1 Å². The number of ether oxygens (including phenoxy) is 1. The highest BCUT2D eigenvalue weighted by Gasteiger charge is 2.23. The number of nitrogens with two attached hydrogens (primary N) is 1. The molecular weight excluding hydrogens is 297 g/mol. The first kappa shape index (κ1) is 17.6. The molecule has 0 radical (unpaired) electrons. The van der Waals surface area contributed by atoms with Gasteiger partial charge >= 0.3 is 5.97 Å². The molecule has 2 N–H and O–H groups in total. The standard InChI is InChI=1S/C14H20FNO4S/c1-14(2,3)20-13(17)9-21(18,19)8-10-4-5-12(15)6-11(10)7-16/h4-6H,7-9,16H2,1-3H3. The quantitative estimate of drug-likeness (QED) is 0.833. The number of sulfone groups is 1. The minimum absolute atomic E-state index is 0.0229. The Balaban J connectivity index is 2.84. The van der Waals surface area contributed by atoms with Gasteiger partial charge in [0.2, 0.25) is 0 Å². The van der Waals surface area contributed by atoms with Crippen LogP contribution in [0.25, 0.3) is 0 Å². The van der Waals surface area contributed by atoms with Gasteiger partial charge in [0.05, 0.1) is 5.75 Å². The van der Waals surface area contributed by atoms with E-state index in [1.807, 2.05) is 0 Å². The van der Waals surface area contributed by atoms with Gasteiger partial charge in [-0.25, -0.2) is 12.8 Å². The highest BCUT2D eigenvalue weighted by atomic mass is 32.2. The number of rotatable bonds is 5. The van der Waals surface area contributed by atoms with Crippen LogP contribution in [0, 0.1) is 5.82 Å². The first-order chi connectivity index (χ1) is 9.52. The second-order valence-corrected chi connectivity index (χ2v) is 7.80. The van der Waals surface area contributed by atoms with Crippen LogP contribution in [0.3, 0.4) is 0 Å². The summed E-state index contributed by atoms with van der Waals surface area (Å²) in [5.41, 5.74) is 5.52. The van der Waals surface area contributed by atoms with Crippen molar-refractivity contribution in [2.45, 2.75) is 38.7 Å². The fourth-order valence-electron chi connectivity index (χ4n) is 1.76. The number of carbonyl (C=O) groups is 1. The SMILES string of the molecule is CC(C)(C)OC(=O)CS(=O)(=O)Cc1ccc(F)cc1CN. The van der Waals surface area contributed by atoms with Gasteiger partial charge in [0, 0.05) is 6.54 Å². The molecule has 7 heteroatoms. The molecule has 21 heavy (non-hydrogen) atoms. The Kier molecular flexibility index (Phi) is 5.47. The summed E-state index contributed by atoms with van der Waals surface area (Å²) in [7, 11) is -3.70. The summed E-state index contributed by atoms with van der Waals surface area (Å²) in [5.74, 6) is -2.38. The third-order valence-electron chi connectivity index (χ3n) is 2.52. The van der Waals surface area contributed by atoms with Crippen molar-refractivity contribution in [1.82, 2.24) is 0 Å². The van der Waals surface area contributed by atoms with Gasteiger partial charge in [-0.05, 0) is 44.0 Å². The fourth-order valence-corrected chi connectivity index (χ4v) is 3.04. The van der Waals surface area contributed by atoms with E-state index in [-0.39, 0.29) is 12.3 Å². The Morgan fingerprint density at radius 2 is 1.90 bits per heavy atom. The molecule has 0 aliphatic heterocycles. The third kappa shape index (κ3) is 6.22. The van der Waals surface area contributed by atoms with Crippen molar-refractivity contribution < 1.29 is 22.3 Å². The Bertz CT molecular complexity index is 620. The molecule has 0 aliphatic rings. The summed E-state index contributed by atoms with van der Waals surface area (Å²) in [4.78, 5) is 11.6. The molecule has 0 aliphatic carbocycles. The van der Waals surface area contributed by atoms with Crippen LogP contribution >= 0.6 is 0 Å². The van der Waals surface area contributed by atoms with Gasteiger partial charge in [-0.15, -0.1) is 0 Å². The highest BCUT2D eigenvalue weighted by Crippen LogP contribution is 2.16. The lowest BCUT2D eigenvalue weighted by atomic mass is 10.1. The average Bonchev–Trinajstić information content (AvgIpc) is 2.27. The van der Waals surface area contributed by atoms with Crippen molar-refractivity contribution in [3.63, 3.8) is 0 Å². The zero-order valence-electron chi connectivity index (χ0n) is 12.3. The molecule has 0 aromatic heterocycles. The van der Waals surface area contributed by atoms with Crippen LogP contribution < -0.4 is 5.73 Å². The molecule has 0 unspecified atom stereocenters. The van der Waals surface area contributed by atoms with E-state index in [0.29, 0.717) is 11.1 Å². The summed E-state index contributed by atoms with van der Waals surface area (Å²) in [5, 5.41) is 0. The van der Waals surface area contributed by atoms with Crippen molar-refractivity contribution in [2.75, 3.05) is 5.75 Å². The predicted molar refractivity (Wildman–Crippen MR) is 77.6 cm³/mol. The van der Waals surface area contributed by atoms with Crippen molar-refractivity contribution in [3.8, 4) is 0 Å². The summed E-state index contributed by atoms with van der Waals surface area (Å²) in [6, 6.07) is 3.72. The fraction of sp³-hybridized carbons (Fsp3) is 0.500. The topological polar surface area (TPSA) is 86.5 Å². The van der Waals surface area contributed by atoms with Crippen LogP contribution in [0.5, 0.6) is 0 Å². The van der Waals surface area contributed by atoms with Gasteiger partial charge in [-0.2, -0.15) is 0 Å². The maximum Gasteiger partial charge on any atom is 0.321 e. The highest BCUT2D eigenvalue weighted by molar-refractivity contribution is 7.91. The van der Waals surface area contributed by atoms with E-state index in [1.165, 1.54) is 12.1 Å². The van der Waals surface area contributed by atoms with E-state index in [1.54, 1.807) is 20.8 Å². The Morgan fingerprint density at radius 3 is 2.43 bits per heavy atom. The third-order valence-corrected chi connectivity index (χ3v) is 3.95. The maximum absolute atomic E-state index is 13.1. The van der Waals surface area contributed by atoms with Crippen LogP contribution in [0.15, 0.2) is 18.2 Å². The molecule has 0 heterocycles. The lowest BCUT2D eigenvalue weighted by molar-refractivity contribution is -0.151. The smallest absolute Gasteiger partial charge is 0.321 e. The second kappa shape index (κ2) is 6.53. The van der Waals surface area contributed by atoms with Gasteiger partial charge < -0.3 is 10.5 Å². The van der Waals surface area contributed by atoms with Gasteiger partial charge in [0.1, 0.15) is 17.2 Å². The first-order valence-electron chi connectivity index (χ1n) is 6.42. The molecule has 1 rings (SSSR count). The van der Waals surface area contributed by atoms with Gasteiger partial charge in [-0.1, -0.05) is 6.07 Å². The zero-order valence-corrected chi connectivity index (χ0v) is 13.2. The molecule has 5 nitrogen and oxygen atoms in total. The van der Waals surface area contributed by atoms with Crippen LogP contribution in [-0.4, -0.2) is 25.7 Å². The van der Waals surface area contributed by atoms with Crippen LogP contribution in [0.4, 0.5) is 4.39 Å². The molecule has 0 fully saturated rings. The predicted octanol–water partition coefficient (Wildman–Crippen LogP) is 1.54. The van der Waals surface area contributed by atoms with E-state index < -0.39 is 33.0 Å². The van der Waals surface area contributed by atoms with Gasteiger partial charge in [0.15, 0.2) is 9.84 Å². The molecule has 0 saturated heterocycles. The number of hydrogen-bond acceptors (Lipinski definition) is 5. The summed E-state index contributed by atoms with van der Waals surface area (Å²) >= 11 is 0. The van der Waals surface area contributed by atoms with Crippen LogP contribution in [0.2, 0.25) is 0 Å². The Hall–Kier alpha value is -1.47. The molecule has 1 aromatic rings. The number of carbonyl (C=O) groups excluding carboxylic acids is 1. The summed E-state index contributed by atoms with van der Waals surface area (Å²) in [6.45, 7) is 4.99. The number of halogens is 1. The largest absolute Gasteiger partial charge is 0.459 e. The number of esters is 1. The summed E-state index contributed by atoms with van der Waals surface area (Å²) in [6.07, 6.45) is 0. The van der Waals surface area contributed by atoms with Gasteiger partial charge in [0.25, 0.3) is 0 Å². The van der Waals surface area contributed by atoms with Crippen molar-refractivity contribution in [2.24, 2.45) is 5.73 Å². The lowest BCUT2D eigenvalue weighted by Crippen LogP contribution is -2.29. The van der Waals surface area contributed by atoms with E-state index in [0.717, 1.165) is 6.07 Å².